The van der Waals surface area contributed by atoms with E-state index in [1.54, 1.807) is 11.0 Å². The second-order valence-electron chi connectivity index (χ2n) is 3.21. The summed E-state index contributed by atoms with van der Waals surface area (Å²) in [6.07, 6.45) is 0. The zero-order chi connectivity index (χ0) is 11.3. The molecular weight excluding hydrogens is 188 g/mol. The lowest BCUT2D eigenvalue weighted by atomic mass is 10.1. The average Bonchev–Trinajstić information content (AvgIpc) is 2.22. The predicted octanol–water partition coefficient (Wildman–Crippen LogP) is 1.43. The van der Waals surface area contributed by atoms with Crippen LogP contribution in [0.2, 0.25) is 0 Å². The SMILES string of the molecule is Cc1ccc(N(CC#N)CC#N)cc1N. The van der Waals surface area contributed by atoms with Crippen molar-refractivity contribution in [2.24, 2.45) is 0 Å². The third kappa shape index (κ3) is 2.62. The largest absolute Gasteiger partial charge is 0.398 e. The number of nitrogens with two attached hydrogens (primary N) is 1. The number of hydrogen-bond donors (Lipinski definition) is 1. The second kappa shape index (κ2) is 4.88. The molecule has 0 amide bonds. The molecule has 0 saturated carbocycles. The number of rotatable bonds is 3. The van der Waals surface area contributed by atoms with E-state index < -0.39 is 0 Å². The third-order valence-corrected chi connectivity index (χ3v) is 2.15. The minimum atomic E-state index is 0.191. The summed E-state index contributed by atoms with van der Waals surface area (Å²) >= 11 is 0. The molecular formula is C11H12N4. The Hall–Kier alpha value is -2.20. The predicted molar refractivity (Wildman–Crippen MR) is 59.0 cm³/mol. The van der Waals surface area contributed by atoms with Crippen LogP contribution in [0.4, 0.5) is 11.4 Å². The van der Waals surface area contributed by atoms with Gasteiger partial charge in [0.1, 0.15) is 13.1 Å². The van der Waals surface area contributed by atoms with Crippen molar-refractivity contribution >= 4 is 11.4 Å². The van der Waals surface area contributed by atoms with Gasteiger partial charge in [-0.05, 0) is 24.6 Å². The first-order valence-corrected chi connectivity index (χ1v) is 4.54. The zero-order valence-electron chi connectivity index (χ0n) is 8.57. The summed E-state index contributed by atoms with van der Waals surface area (Å²) < 4.78 is 0. The molecule has 15 heavy (non-hydrogen) atoms. The monoisotopic (exact) mass is 200 g/mol. The normalized spacial score (nSPS) is 9.00. The van der Waals surface area contributed by atoms with Crippen LogP contribution in [0, 0.1) is 29.6 Å². The topological polar surface area (TPSA) is 76.8 Å². The molecule has 0 unspecified atom stereocenters. The van der Waals surface area contributed by atoms with Gasteiger partial charge in [0.2, 0.25) is 0 Å². The van der Waals surface area contributed by atoms with E-state index in [2.05, 4.69) is 0 Å². The molecule has 1 aromatic carbocycles. The van der Waals surface area contributed by atoms with E-state index in [1.807, 2.05) is 31.2 Å². The second-order valence-corrected chi connectivity index (χ2v) is 3.21. The molecule has 0 radical (unpaired) electrons. The Balaban J connectivity index is 2.97. The molecule has 0 fully saturated rings. The Morgan fingerprint density at radius 3 is 2.33 bits per heavy atom. The van der Waals surface area contributed by atoms with Crippen molar-refractivity contribution in [2.45, 2.75) is 6.92 Å². The van der Waals surface area contributed by atoms with Gasteiger partial charge in [0.15, 0.2) is 0 Å². The molecule has 0 bridgehead atoms. The van der Waals surface area contributed by atoms with E-state index in [9.17, 15) is 0 Å². The number of nitrogens with zero attached hydrogens (tertiary/aromatic N) is 3. The Morgan fingerprint density at radius 2 is 1.87 bits per heavy atom. The molecule has 1 rings (SSSR count). The van der Waals surface area contributed by atoms with Crippen molar-refractivity contribution in [3.8, 4) is 12.1 Å². The molecule has 0 aliphatic heterocycles. The van der Waals surface area contributed by atoms with Gasteiger partial charge in [0.05, 0.1) is 12.1 Å². The van der Waals surface area contributed by atoms with Crippen molar-refractivity contribution < 1.29 is 0 Å². The van der Waals surface area contributed by atoms with Gasteiger partial charge in [0, 0.05) is 11.4 Å². The lowest BCUT2D eigenvalue weighted by Gasteiger charge is -2.18. The molecule has 0 heterocycles. The molecule has 1 aromatic rings. The summed E-state index contributed by atoms with van der Waals surface area (Å²) in [5.41, 5.74) is 8.23. The molecule has 0 saturated heterocycles. The Labute approximate surface area is 89.1 Å². The van der Waals surface area contributed by atoms with Gasteiger partial charge >= 0.3 is 0 Å². The van der Waals surface area contributed by atoms with Gasteiger partial charge in [-0.25, -0.2) is 0 Å². The van der Waals surface area contributed by atoms with Crippen molar-refractivity contribution in [1.29, 1.82) is 10.5 Å². The van der Waals surface area contributed by atoms with Crippen LogP contribution in [0.5, 0.6) is 0 Å². The quantitative estimate of drug-likeness (QED) is 0.591. The van der Waals surface area contributed by atoms with E-state index in [-0.39, 0.29) is 13.1 Å². The molecule has 4 nitrogen and oxygen atoms in total. The Kier molecular flexibility index (Phi) is 3.54. The molecule has 0 aromatic heterocycles. The van der Waals surface area contributed by atoms with Crippen LogP contribution in [-0.2, 0) is 0 Å². The first kappa shape index (κ1) is 10.9. The first-order valence-electron chi connectivity index (χ1n) is 4.54. The van der Waals surface area contributed by atoms with Gasteiger partial charge in [-0.2, -0.15) is 10.5 Å². The van der Waals surface area contributed by atoms with Crippen molar-refractivity contribution in [3.05, 3.63) is 23.8 Å². The van der Waals surface area contributed by atoms with E-state index in [4.69, 9.17) is 16.3 Å². The van der Waals surface area contributed by atoms with E-state index >= 15 is 0 Å². The minimum Gasteiger partial charge on any atom is -0.398 e. The number of hydrogen-bond acceptors (Lipinski definition) is 4. The number of aryl methyl sites for hydroxylation is 1. The molecule has 2 N–H and O–H groups in total. The summed E-state index contributed by atoms with van der Waals surface area (Å²) in [6, 6.07) is 9.56. The third-order valence-electron chi connectivity index (χ3n) is 2.15. The van der Waals surface area contributed by atoms with Gasteiger partial charge in [0.25, 0.3) is 0 Å². The Bertz CT molecular complexity index is 409. The maximum absolute atomic E-state index is 8.62. The van der Waals surface area contributed by atoms with Crippen LogP contribution in [0.1, 0.15) is 5.56 Å². The summed E-state index contributed by atoms with van der Waals surface area (Å²) in [4.78, 5) is 1.68. The van der Waals surface area contributed by atoms with Crippen molar-refractivity contribution in [1.82, 2.24) is 0 Å². The van der Waals surface area contributed by atoms with Crippen LogP contribution < -0.4 is 10.6 Å². The van der Waals surface area contributed by atoms with E-state index in [0.29, 0.717) is 5.69 Å². The van der Waals surface area contributed by atoms with Gasteiger partial charge in [-0.15, -0.1) is 0 Å². The number of anilines is 2. The van der Waals surface area contributed by atoms with Gasteiger partial charge in [-0.1, -0.05) is 6.07 Å². The summed E-state index contributed by atoms with van der Waals surface area (Å²) in [6.45, 7) is 2.30. The fraction of sp³-hybridized carbons (Fsp3) is 0.273. The number of benzene rings is 1. The highest BCUT2D eigenvalue weighted by Crippen LogP contribution is 2.20. The van der Waals surface area contributed by atoms with E-state index in [1.165, 1.54) is 0 Å². The standard InChI is InChI=1S/C11H12N4/c1-9-2-3-10(8-11(9)14)15(6-4-12)7-5-13/h2-3,8H,6-7,14H2,1H3. The van der Waals surface area contributed by atoms with Crippen LogP contribution in [0.3, 0.4) is 0 Å². The van der Waals surface area contributed by atoms with E-state index in [0.717, 1.165) is 11.3 Å². The lowest BCUT2D eigenvalue weighted by Crippen LogP contribution is -2.23. The first-order chi connectivity index (χ1) is 7.19. The van der Waals surface area contributed by atoms with Gasteiger partial charge in [-0.3, -0.25) is 0 Å². The smallest absolute Gasteiger partial charge is 0.106 e. The Morgan fingerprint density at radius 1 is 1.27 bits per heavy atom. The van der Waals surface area contributed by atoms with Crippen LogP contribution in [0.25, 0.3) is 0 Å². The van der Waals surface area contributed by atoms with Gasteiger partial charge < -0.3 is 10.6 Å². The van der Waals surface area contributed by atoms with Crippen LogP contribution in [-0.4, -0.2) is 13.1 Å². The minimum absolute atomic E-state index is 0.191. The maximum Gasteiger partial charge on any atom is 0.106 e. The van der Waals surface area contributed by atoms with Crippen molar-refractivity contribution in [2.75, 3.05) is 23.7 Å². The molecule has 4 heteroatoms. The summed E-state index contributed by atoms with van der Waals surface area (Å²) in [5.74, 6) is 0. The fourth-order valence-corrected chi connectivity index (χ4v) is 1.23. The van der Waals surface area contributed by atoms with Crippen molar-refractivity contribution in [3.63, 3.8) is 0 Å². The maximum atomic E-state index is 8.62. The highest BCUT2D eigenvalue weighted by Gasteiger charge is 2.06. The fourth-order valence-electron chi connectivity index (χ4n) is 1.23. The number of nitrogen functional groups attached to an aromatic ring is 1. The zero-order valence-corrected chi connectivity index (χ0v) is 8.57. The highest BCUT2D eigenvalue weighted by molar-refractivity contribution is 5.60. The number of nitriles is 2. The summed E-state index contributed by atoms with van der Waals surface area (Å²) in [7, 11) is 0. The average molecular weight is 200 g/mol. The molecule has 76 valence electrons. The molecule has 0 aliphatic carbocycles. The van der Waals surface area contributed by atoms with Crippen LogP contribution >= 0.6 is 0 Å². The van der Waals surface area contributed by atoms with Crippen LogP contribution in [0.15, 0.2) is 18.2 Å². The molecule has 0 atom stereocenters. The lowest BCUT2D eigenvalue weighted by molar-refractivity contribution is 0.966. The molecule has 0 spiro atoms. The summed E-state index contributed by atoms with van der Waals surface area (Å²) in [5, 5.41) is 17.2. The molecule has 0 aliphatic rings. The highest BCUT2D eigenvalue weighted by atomic mass is 15.1.